The normalized spacial score (nSPS) is 17.8. The minimum atomic E-state index is -1.18. The minimum Gasteiger partial charge on any atom is -0.480 e. The maximum Gasteiger partial charge on any atom is 0.326 e. The molecular weight excluding hydrogens is 344 g/mol. The summed E-state index contributed by atoms with van der Waals surface area (Å²) >= 11 is 0. The summed E-state index contributed by atoms with van der Waals surface area (Å²) in [6, 6.07) is -4.24. The predicted octanol–water partition coefficient (Wildman–Crippen LogP) is -1.68. The van der Waals surface area contributed by atoms with Crippen molar-refractivity contribution in [3.63, 3.8) is 0 Å². The Labute approximate surface area is 152 Å². The summed E-state index contributed by atoms with van der Waals surface area (Å²) in [6.45, 7) is 7.65. The van der Waals surface area contributed by atoms with Gasteiger partial charge >= 0.3 is 5.97 Å². The lowest BCUT2D eigenvalue weighted by atomic mass is 9.99. The molecule has 0 aromatic heterocycles. The zero-order valence-electron chi connectivity index (χ0n) is 15.8. The summed E-state index contributed by atoms with van der Waals surface area (Å²) in [5, 5.41) is 25.6. The number of carbonyl (C=O) groups excluding carboxylic acids is 3. The quantitative estimate of drug-likeness (QED) is 0.265. The number of rotatable bonds is 10. The number of aliphatic carboxylic acids is 1. The van der Waals surface area contributed by atoms with E-state index in [1.54, 1.807) is 13.8 Å². The lowest BCUT2D eigenvalue weighted by Gasteiger charge is -2.24. The first-order valence-electron chi connectivity index (χ1n) is 8.49. The fraction of sp³-hybridized carbons (Fsp3) is 0.750. The second-order valence-corrected chi connectivity index (χ2v) is 6.44. The first-order chi connectivity index (χ1) is 11.9. The van der Waals surface area contributed by atoms with E-state index in [2.05, 4.69) is 16.0 Å². The van der Waals surface area contributed by atoms with Crippen molar-refractivity contribution in [2.24, 2.45) is 11.7 Å². The van der Waals surface area contributed by atoms with Crippen molar-refractivity contribution in [1.82, 2.24) is 16.0 Å². The van der Waals surface area contributed by atoms with Crippen molar-refractivity contribution in [2.45, 2.75) is 71.3 Å². The Morgan fingerprint density at radius 1 is 0.885 bits per heavy atom. The van der Waals surface area contributed by atoms with Crippen LogP contribution in [0.4, 0.5) is 0 Å². The fourth-order valence-corrected chi connectivity index (χ4v) is 1.96. The Bertz CT molecular complexity index is 525. The average Bonchev–Trinajstić information content (AvgIpc) is 2.56. The maximum atomic E-state index is 12.1. The zero-order chi connectivity index (χ0) is 20.6. The molecule has 10 nitrogen and oxygen atoms in total. The number of carboxylic acid groups (broad SMARTS) is 1. The second kappa shape index (κ2) is 10.7. The Morgan fingerprint density at radius 2 is 1.31 bits per heavy atom. The third-order valence-electron chi connectivity index (χ3n) is 4.10. The van der Waals surface area contributed by atoms with Crippen molar-refractivity contribution in [3.05, 3.63) is 0 Å². The number of nitrogens with one attached hydrogen (secondary N) is 3. The van der Waals surface area contributed by atoms with Crippen molar-refractivity contribution < 1.29 is 29.4 Å². The van der Waals surface area contributed by atoms with Crippen molar-refractivity contribution in [3.8, 4) is 0 Å². The highest BCUT2D eigenvalue weighted by atomic mass is 16.4. The van der Waals surface area contributed by atoms with Gasteiger partial charge in [0.15, 0.2) is 0 Å². The van der Waals surface area contributed by atoms with Crippen LogP contribution in [0.15, 0.2) is 0 Å². The molecule has 0 aliphatic rings. The van der Waals surface area contributed by atoms with Gasteiger partial charge < -0.3 is 31.9 Å². The molecule has 0 aliphatic carbocycles. The maximum absolute atomic E-state index is 12.1. The number of carbonyl (C=O) groups is 4. The van der Waals surface area contributed by atoms with Crippen molar-refractivity contribution in [1.29, 1.82) is 0 Å². The number of hydrogen-bond donors (Lipinski definition) is 6. The molecule has 0 bridgehead atoms. The molecule has 6 atom stereocenters. The molecule has 0 spiro atoms. The third-order valence-corrected chi connectivity index (χ3v) is 4.10. The summed E-state index contributed by atoms with van der Waals surface area (Å²) in [6.07, 6.45) is -0.520. The number of aliphatic hydroxyl groups excluding tert-OH is 1. The molecule has 0 aromatic rings. The van der Waals surface area contributed by atoms with Crippen LogP contribution in [0.3, 0.4) is 0 Å². The van der Waals surface area contributed by atoms with Crippen LogP contribution >= 0.6 is 0 Å². The molecule has 7 N–H and O–H groups in total. The van der Waals surface area contributed by atoms with E-state index in [4.69, 9.17) is 5.73 Å². The van der Waals surface area contributed by atoms with Gasteiger partial charge in [0.05, 0.1) is 6.10 Å². The SMILES string of the molecule is CCC(C)C(NC(=O)C(C)NC(=O)C(C)NC(=O)C(N)C(C)O)C(=O)O. The number of hydrogen-bond acceptors (Lipinski definition) is 6. The summed E-state index contributed by atoms with van der Waals surface area (Å²) in [4.78, 5) is 47.2. The van der Waals surface area contributed by atoms with Gasteiger partial charge in [0, 0.05) is 0 Å². The van der Waals surface area contributed by atoms with E-state index in [1.165, 1.54) is 20.8 Å². The molecule has 0 radical (unpaired) electrons. The van der Waals surface area contributed by atoms with Gasteiger partial charge in [-0.1, -0.05) is 20.3 Å². The highest BCUT2D eigenvalue weighted by Gasteiger charge is 2.29. The molecule has 10 heteroatoms. The highest BCUT2D eigenvalue weighted by molar-refractivity contribution is 5.93. The fourth-order valence-electron chi connectivity index (χ4n) is 1.96. The van der Waals surface area contributed by atoms with Gasteiger partial charge in [0.1, 0.15) is 24.2 Å². The van der Waals surface area contributed by atoms with E-state index in [-0.39, 0.29) is 5.92 Å². The number of amides is 3. The predicted molar refractivity (Wildman–Crippen MR) is 93.9 cm³/mol. The number of carboxylic acids is 1. The monoisotopic (exact) mass is 374 g/mol. The first kappa shape index (κ1) is 23.8. The van der Waals surface area contributed by atoms with Crippen LogP contribution in [-0.2, 0) is 19.2 Å². The zero-order valence-corrected chi connectivity index (χ0v) is 15.8. The Balaban J connectivity index is 4.71. The summed E-state index contributed by atoms with van der Waals surface area (Å²) < 4.78 is 0. The van der Waals surface area contributed by atoms with Crippen molar-refractivity contribution in [2.75, 3.05) is 0 Å². The molecule has 0 fully saturated rings. The Hall–Kier alpha value is -2.20. The molecule has 0 saturated heterocycles. The van der Waals surface area contributed by atoms with Crippen LogP contribution < -0.4 is 21.7 Å². The third kappa shape index (κ3) is 7.36. The minimum absolute atomic E-state index is 0.278. The molecule has 3 amide bonds. The van der Waals surface area contributed by atoms with Gasteiger partial charge in [0.2, 0.25) is 17.7 Å². The van der Waals surface area contributed by atoms with Crippen LogP contribution in [0.1, 0.15) is 41.0 Å². The summed E-state index contributed by atoms with van der Waals surface area (Å²) in [5.41, 5.74) is 5.47. The topological polar surface area (TPSA) is 171 Å². The standard InChI is InChI=1S/C16H30N4O6/c1-6-7(2)12(16(25)26)20-14(23)9(4)18-13(22)8(3)19-15(24)11(17)10(5)21/h7-12,21H,6,17H2,1-5H3,(H,18,22)(H,19,24)(H,20,23)(H,25,26). The smallest absolute Gasteiger partial charge is 0.326 e. The van der Waals surface area contributed by atoms with Crippen molar-refractivity contribution >= 4 is 23.7 Å². The molecule has 0 saturated carbocycles. The molecule has 26 heavy (non-hydrogen) atoms. The number of nitrogens with two attached hydrogens (primary N) is 1. The van der Waals surface area contributed by atoms with Crippen LogP contribution in [0, 0.1) is 5.92 Å². The van der Waals surface area contributed by atoms with E-state index < -0.39 is 54.0 Å². The lowest BCUT2D eigenvalue weighted by Crippen LogP contribution is -2.57. The molecular formula is C16H30N4O6. The van der Waals surface area contributed by atoms with E-state index in [0.29, 0.717) is 6.42 Å². The van der Waals surface area contributed by atoms with Crippen LogP contribution in [0.2, 0.25) is 0 Å². The van der Waals surface area contributed by atoms with Gasteiger partial charge in [-0.2, -0.15) is 0 Å². The largest absolute Gasteiger partial charge is 0.480 e. The molecule has 150 valence electrons. The van der Waals surface area contributed by atoms with Gasteiger partial charge in [-0.05, 0) is 26.7 Å². The van der Waals surface area contributed by atoms with Crippen LogP contribution in [0.5, 0.6) is 0 Å². The average molecular weight is 374 g/mol. The molecule has 0 rings (SSSR count). The first-order valence-corrected chi connectivity index (χ1v) is 8.49. The molecule has 0 aliphatic heterocycles. The Morgan fingerprint density at radius 3 is 1.69 bits per heavy atom. The van der Waals surface area contributed by atoms with Gasteiger partial charge in [-0.15, -0.1) is 0 Å². The highest BCUT2D eigenvalue weighted by Crippen LogP contribution is 2.08. The molecule has 0 heterocycles. The van der Waals surface area contributed by atoms with Gasteiger partial charge in [-0.25, -0.2) is 4.79 Å². The summed E-state index contributed by atoms with van der Waals surface area (Å²) in [7, 11) is 0. The van der Waals surface area contributed by atoms with Gasteiger partial charge in [0.25, 0.3) is 0 Å². The Kier molecular flexibility index (Phi) is 9.81. The van der Waals surface area contributed by atoms with Gasteiger partial charge in [-0.3, -0.25) is 14.4 Å². The second-order valence-electron chi connectivity index (χ2n) is 6.44. The van der Waals surface area contributed by atoms with E-state index in [9.17, 15) is 29.4 Å². The molecule has 0 aromatic carbocycles. The molecule has 6 unspecified atom stereocenters. The lowest BCUT2D eigenvalue weighted by molar-refractivity contribution is -0.143. The van der Waals surface area contributed by atoms with E-state index >= 15 is 0 Å². The van der Waals surface area contributed by atoms with E-state index in [1.807, 2.05) is 0 Å². The number of aliphatic hydroxyl groups is 1. The van der Waals surface area contributed by atoms with E-state index in [0.717, 1.165) is 0 Å². The summed E-state index contributed by atoms with van der Waals surface area (Å²) in [5.74, 6) is -3.43. The van der Waals surface area contributed by atoms with Crippen LogP contribution in [0.25, 0.3) is 0 Å². The van der Waals surface area contributed by atoms with Crippen LogP contribution in [-0.4, -0.2) is 64.2 Å².